The van der Waals surface area contributed by atoms with Gasteiger partial charge in [0.2, 0.25) is 11.8 Å². The molecule has 5 heteroatoms. The van der Waals surface area contributed by atoms with Crippen LogP contribution in [0.1, 0.15) is 30.3 Å². The number of aryl methyl sites for hydroxylation is 1. The molecule has 0 aliphatic rings. The van der Waals surface area contributed by atoms with Gasteiger partial charge < -0.3 is 10.2 Å². The second kappa shape index (κ2) is 5.33. The smallest absolute Gasteiger partial charge is 0.226 e. The van der Waals surface area contributed by atoms with Crippen LogP contribution in [0.4, 0.5) is 0 Å². The SMILES string of the molecule is Cc1nnc(CSc2cccc(C(C)N)c2)o1. The summed E-state index contributed by atoms with van der Waals surface area (Å²) in [5, 5.41) is 7.75. The average Bonchev–Trinajstić information content (AvgIpc) is 2.73. The van der Waals surface area contributed by atoms with Crippen molar-refractivity contribution >= 4 is 11.8 Å². The summed E-state index contributed by atoms with van der Waals surface area (Å²) in [6.07, 6.45) is 0. The number of nitrogens with zero attached hydrogens (tertiary/aromatic N) is 2. The van der Waals surface area contributed by atoms with Crippen LogP contribution >= 0.6 is 11.8 Å². The zero-order chi connectivity index (χ0) is 12.3. The second-order valence-electron chi connectivity index (χ2n) is 3.86. The van der Waals surface area contributed by atoms with Crippen LogP contribution in [0.15, 0.2) is 33.6 Å². The molecule has 0 radical (unpaired) electrons. The summed E-state index contributed by atoms with van der Waals surface area (Å²) in [5.41, 5.74) is 6.98. The van der Waals surface area contributed by atoms with Crippen molar-refractivity contribution in [1.82, 2.24) is 10.2 Å². The second-order valence-corrected chi connectivity index (χ2v) is 4.91. The molecule has 0 fully saturated rings. The monoisotopic (exact) mass is 249 g/mol. The van der Waals surface area contributed by atoms with Crippen LogP contribution in [0.25, 0.3) is 0 Å². The minimum atomic E-state index is 0.0567. The molecule has 2 N–H and O–H groups in total. The van der Waals surface area contributed by atoms with Gasteiger partial charge in [-0.2, -0.15) is 0 Å². The molecule has 17 heavy (non-hydrogen) atoms. The Morgan fingerprint density at radius 3 is 2.88 bits per heavy atom. The van der Waals surface area contributed by atoms with E-state index in [-0.39, 0.29) is 6.04 Å². The first kappa shape index (κ1) is 12.1. The fourth-order valence-corrected chi connectivity index (χ4v) is 2.23. The number of hydrogen-bond donors (Lipinski definition) is 1. The van der Waals surface area contributed by atoms with Gasteiger partial charge in [-0.1, -0.05) is 12.1 Å². The number of nitrogens with two attached hydrogens (primary N) is 1. The van der Waals surface area contributed by atoms with Crippen LogP contribution in [-0.4, -0.2) is 10.2 Å². The van der Waals surface area contributed by atoms with E-state index in [1.54, 1.807) is 18.7 Å². The van der Waals surface area contributed by atoms with Gasteiger partial charge in [-0.15, -0.1) is 22.0 Å². The Bertz CT molecular complexity index is 496. The molecule has 2 rings (SSSR count). The van der Waals surface area contributed by atoms with E-state index in [1.165, 1.54) is 0 Å². The molecule has 1 unspecified atom stereocenters. The van der Waals surface area contributed by atoms with Gasteiger partial charge in [0.05, 0.1) is 5.75 Å². The van der Waals surface area contributed by atoms with Gasteiger partial charge >= 0.3 is 0 Å². The van der Waals surface area contributed by atoms with Gasteiger partial charge in [0, 0.05) is 17.9 Å². The van der Waals surface area contributed by atoms with Gasteiger partial charge in [-0.25, -0.2) is 0 Å². The molecule has 0 saturated carbocycles. The topological polar surface area (TPSA) is 64.9 Å². The molecular weight excluding hydrogens is 234 g/mol. The van der Waals surface area contributed by atoms with E-state index < -0.39 is 0 Å². The van der Waals surface area contributed by atoms with Crippen molar-refractivity contribution in [2.45, 2.75) is 30.5 Å². The molecule has 1 atom stereocenters. The van der Waals surface area contributed by atoms with Gasteiger partial charge in [0.1, 0.15) is 0 Å². The van der Waals surface area contributed by atoms with Crippen LogP contribution in [-0.2, 0) is 5.75 Å². The summed E-state index contributed by atoms with van der Waals surface area (Å²) < 4.78 is 5.32. The van der Waals surface area contributed by atoms with Crippen molar-refractivity contribution in [3.8, 4) is 0 Å². The maximum atomic E-state index is 5.84. The van der Waals surface area contributed by atoms with Crippen molar-refractivity contribution in [3.63, 3.8) is 0 Å². The summed E-state index contributed by atoms with van der Waals surface area (Å²) >= 11 is 1.67. The Kier molecular flexibility index (Phi) is 3.81. The number of benzene rings is 1. The Morgan fingerprint density at radius 1 is 1.41 bits per heavy atom. The zero-order valence-electron chi connectivity index (χ0n) is 9.88. The molecule has 0 amide bonds. The van der Waals surface area contributed by atoms with Crippen LogP contribution in [0.3, 0.4) is 0 Å². The molecule has 4 nitrogen and oxygen atoms in total. The van der Waals surface area contributed by atoms with Crippen LogP contribution in [0.5, 0.6) is 0 Å². The third-order valence-corrected chi connectivity index (χ3v) is 3.29. The third-order valence-electron chi connectivity index (χ3n) is 2.31. The van der Waals surface area contributed by atoms with Crippen LogP contribution < -0.4 is 5.73 Å². The van der Waals surface area contributed by atoms with E-state index in [2.05, 4.69) is 22.3 Å². The summed E-state index contributed by atoms with van der Waals surface area (Å²) in [6, 6.07) is 8.26. The van der Waals surface area contributed by atoms with Crippen molar-refractivity contribution in [2.75, 3.05) is 0 Å². The van der Waals surface area contributed by atoms with Crippen molar-refractivity contribution in [3.05, 3.63) is 41.6 Å². The van der Waals surface area contributed by atoms with Gasteiger partial charge in [0.25, 0.3) is 0 Å². The lowest BCUT2D eigenvalue weighted by Gasteiger charge is -2.07. The average molecular weight is 249 g/mol. The molecule has 0 aliphatic heterocycles. The van der Waals surface area contributed by atoms with Crippen LogP contribution in [0.2, 0.25) is 0 Å². The van der Waals surface area contributed by atoms with Gasteiger partial charge in [-0.3, -0.25) is 0 Å². The first-order valence-electron chi connectivity index (χ1n) is 5.42. The summed E-state index contributed by atoms with van der Waals surface area (Å²) in [4.78, 5) is 1.16. The summed E-state index contributed by atoms with van der Waals surface area (Å²) in [5.74, 6) is 1.94. The fourth-order valence-electron chi connectivity index (χ4n) is 1.43. The maximum Gasteiger partial charge on any atom is 0.226 e. The van der Waals surface area contributed by atoms with Crippen molar-refractivity contribution < 1.29 is 4.42 Å². The zero-order valence-corrected chi connectivity index (χ0v) is 10.7. The molecule has 0 spiro atoms. The standard InChI is InChI=1S/C12H15N3OS/c1-8(13)10-4-3-5-11(6-10)17-7-12-15-14-9(2)16-12/h3-6,8H,7,13H2,1-2H3. The van der Waals surface area contributed by atoms with Crippen molar-refractivity contribution in [1.29, 1.82) is 0 Å². The van der Waals surface area contributed by atoms with Crippen LogP contribution in [0, 0.1) is 6.92 Å². The first-order chi connectivity index (χ1) is 8.15. The number of thioether (sulfide) groups is 1. The van der Waals surface area contributed by atoms with Crippen molar-refractivity contribution in [2.24, 2.45) is 5.73 Å². The van der Waals surface area contributed by atoms with E-state index in [0.717, 1.165) is 10.5 Å². The molecule has 0 aliphatic carbocycles. The Hall–Kier alpha value is -1.33. The fraction of sp³-hybridized carbons (Fsp3) is 0.333. The minimum absolute atomic E-state index is 0.0567. The Morgan fingerprint density at radius 2 is 2.24 bits per heavy atom. The largest absolute Gasteiger partial charge is 0.425 e. The molecule has 0 saturated heterocycles. The molecular formula is C12H15N3OS. The molecule has 1 aromatic carbocycles. The van der Waals surface area contributed by atoms with Gasteiger partial charge in [0.15, 0.2) is 0 Å². The summed E-state index contributed by atoms with van der Waals surface area (Å²) in [7, 11) is 0. The maximum absolute atomic E-state index is 5.84. The first-order valence-corrected chi connectivity index (χ1v) is 6.41. The highest BCUT2D eigenvalue weighted by molar-refractivity contribution is 7.98. The Labute approximate surface area is 105 Å². The summed E-state index contributed by atoms with van der Waals surface area (Å²) in [6.45, 7) is 3.77. The highest BCUT2D eigenvalue weighted by atomic mass is 32.2. The van der Waals surface area contributed by atoms with E-state index in [9.17, 15) is 0 Å². The lowest BCUT2D eigenvalue weighted by Crippen LogP contribution is -2.04. The van der Waals surface area contributed by atoms with E-state index in [0.29, 0.717) is 17.5 Å². The number of hydrogen-bond acceptors (Lipinski definition) is 5. The van der Waals surface area contributed by atoms with E-state index >= 15 is 0 Å². The quantitative estimate of drug-likeness (QED) is 0.844. The Balaban J connectivity index is 2.01. The lowest BCUT2D eigenvalue weighted by atomic mass is 10.1. The van der Waals surface area contributed by atoms with E-state index in [4.69, 9.17) is 10.2 Å². The van der Waals surface area contributed by atoms with E-state index in [1.807, 2.05) is 19.1 Å². The highest BCUT2D eigenvalue weighted by Gasteiger charge is 2.05. The molecule has 2 aromatic rings. The predicted octanol–water partition coefficient (Wildman–Crippen LogP) is 2.69. The molecule has 90 valence electrons. The predicted molar refractivity (Wildman–Crippen MR) is 67.6 cm³/mol. The highest BCUT2D eigenvalue weighted by Crippen LogP contribution is 2.24. The molecule has 1 aromatic heterocycles. The number of rotatable bonds is 4. The minimum Gasteiger partial charge on any atom is -0.425 e. The van der Waals surface area contributed by atoms with Gasteiger partial charge in [-0.05, 0) is 24.6 Å². The molecule has 0 bridgehead atoms. The molecule has 1 heterocycles. The lowest BCUT2D eigenvalue weighted by molar-refractivity contribution is 0.485. The third kappa shape index (κ3) is 3.31. The number of aromatic nitrogens is 2. The normalized spacial score (nSPS) is 12.6.